The van der Waals surface area contributed by atoms with Crippen LogP contribution in [-0.2, 0) is 6.54 Å². The molecule has 4 aliphatic rings. The molecule has 118 valence electrons. The van der Waals surface area contributed by atoms with Gasteiger partial charge in [0.05, 0.1) is 0 Å². The van der Waals surface area contributed by atoms with Crippen molar-refractivity contribution in [3.63, 3.8) is 0 Å². The number of hydrogen-bond donors (Lipinski definition) is 2. The molecule has 4 saturated carbocycles. The van der Waals surface area contributed by atoms with Crippen LogP contribution in [0.15, 0.2) is 24.3 Å². The smallest absolute Gasteiger partial charge is 0.315 e. The van der Waals surface area contributed by atoms with E-state index in [1.165, 1.54) is 32.1 Å². The van der Waals surface area contributed by atoms with Crippen LogP contribution >= 0.6 is 11.6 Å². The van der Waals surface area contributed by atoms with Gasteiger partial charge in [-0.3, -0.25) is 0 Å². The van der Waals surface area contributed by atoms with Crippen molar-refractivity contribution in [1.29, 1.82) is 0 Å². The summed E-state index contributed by atoms with van der Waals surface area (Å²) in [4.78, 5) is 12.2. The number of rotatable bonds is 3. The third kappa shape index (κ3) is 2.83. The Balaban J connectivity index is 1.32. The maximum Gasteiger partial charge on any atom is 0.315 e. The summed E-state index contributed by atoms with van der Waals surface area (Å²) < 4.78 is 0. The number of carbonyl (C=O) groups excluding carboxylic acids is 1. The number of urea groups is 1. The van der Waals surface area contributed by atoms with E-state index in [4.69, 9.17) is 11.6 Å². The molecule has 0 radical (unpaired) electrons. The van der Waals surface area contributed by atoms with Crippen molar-refractivity contribution in [2.75, 3.05) is 0 Å². The van der Waals surface area contributed by atoms with Crippen molar-refractivity contribution in [3.8, 4) is 0 Å². The van der Waals surface area contributed by atoms with Gasteiger partial charge in [0.2, 0.25) is 0 Å². The number of nitrogens with one attached hydrogen (secondary N) is 2. The van der Waals surface area contributed by atoms with Crippen LogP contribution in [0.1, 0.15) is 37.7 Å². The summed E-state index contributed by atoms with van der Waals surface area (Å²) in [6.07, 6.45) is 6.75. The lowest BCUT2D eigenvalue weighted by Gasteiger charge is -2.54. The second-order valence-corrected chi connectivity index (χ2v) is 7.85. The molecule has 3 nitrogen and oxygen atoms in total. The Morgan fingerprint density at radius 1 is 1.09 bits per heavy atom. The van der Waals surface area contributed by atoms with E-state index >= 15 is 0 Å². The van der Waals surface area contributed by atoms with Crippen LogP contribution in [0.3, 0.4) is 0 Å². The lowest BCUT2D eigenvalue weighted by Crippen LogP contribution is -2.57. The molecule has 4 fully saturated rings. The van der Waals surface area contributed by atoms with Crippen molar-refractivity contribution in [3.05, 3.63) is 34.9 Å². The predicted molar refractivity (Wildman–Crippen MR) is 87.7 cm³/mol. The maximum atomic E-state index is 12.2. The van der Waals surface area contributed by atoms with Crippen LogP contribution < -0.4 is 10.6 Å². The van der Waals surface area contributed by atoms with Crippen molar-refractivity contribution >= 4 is 17.6 Å². The topological polar surface area (TPSA) is 41.1 Å². The van der Waals surface area contributed by atoms with Crippen molar-refractivity contribution < 1.29 is 4.79 Å². The molecule has 0 saturated heterocycles. The quantitative estimate of drug-likeness (QED) is 0.870. The number of halogens is 1. The molecular formula is C18H23ClN2O. The monoisotopic (exact) mass is 318 g/mol. The Morgan fingerprint density at radius 3 is 2.41 bits per heavy atom. The van der Waals surface area contributed by atoms with Crippen molar-refractivity contribution in [1.82, 2.24) is 10.6 Å². The standard InChI is InChI=1S/C18H23ClN2O/c19-16-3-1-2-11(9-16)10-20-18(22)21-17-14-5-12-4-13(7-14)8-15(17)6-12/h1-3,9,12-15,17H,4-8,10H2,(H2,20,21,22). The third-order valence-electron chi connectivity index (χ3n) is 5.87. The summed E-state index contributed by atoms with van der Waals surface area (Å²) in [5, 5.41) is 6.95. The van der Waals surface area contributed by atoms with Crippen LogP contribution in [0, 0.1) is 23.7 Å². The summed E-state index contributed by atoms with van der Waals surface area (Å²) in [7, 11) is 0. The van der Waals surface area contributed by atoms with Gasteiger partial charge in [0.15, 0.2) is 0 Å². The molecule has 5 rings (SSSR count). The minimum absolute atomic E-state index is 0.0301. The number of benzene rings is 1. The highest BCUT2D eigenvalue weighted by Crippen LogP contribution is 2.53. The molecule has 2 amide bonds. The van der Waals surface area contributed by atoms with E-state index in [0.29, 0.717) is 29.4 Å². The molecule has 22 heavy (non-hydrogen) atoms. The van der Waals surface area contributed by atoms with Crippen LogP contribution in [0.5, 0.6) is 0 Å². The molecule has 1 aromatic rings. The highest BCUT2D eigenvalue weighted by Gasteiger charge is 2.48. The molecule has 0 atom stereocenters. The highest BCUT2D eigenvalue weighted by atomic mass is 35.5. The van der Waals surface area contributed by atoms with Crippen LogP contribution in [0.4, 0.5) is 4.79 Å². The zero-order chi connectivity index (χ0) is 15.1. The van der Waals surface area contributed by atoms with Gasteiger partial charge in [0, 0.05) is 17.6 Å². The van der Waals surface area contributed by atoms with Crippen LogP contribution in [0.2, 0.25) is 5.02 Å². The fourth-order valence-corrected chi connectivity index (χ4v) is 5.41. The Hall–Kier alpha value is -1.22. The predicted octanol–water partition coefficient (Wildman–Crippen LogP) is 3.96. The molecular weight excluding hydrogens is 296 g/mol. The highest BCUT2D eigenvalue weighted by molar-refractivity contribution is 6.30. The second-order valence-electron chi connectivity index (χ2n) is 7.41. The van der Waals surface area contributed by atoms with Gasteiger partial charge in [-0.15, -0.1) is 0 Å². The molecule has 1 aromatic carbocycles. The van der Waals surface area contributed by atoms with E-state index in [-0.39, 0.29) is 6.03 Å². The lowest BCUT2D eigenvalue weighted by atomic mass is 9.54. The maximum absolute atomic E-state index is 12.2. The lowest BCUT2D eigenvalue weighted by molar-refractivity contribution is -0.00942. The first-order chi connectivity index (χ1) is 10.7. The van der Waals surface area contributed by atoms with Gasteiger partial charge < -0.3 is 10.6 Å². The van der Waals surface area contributed by atoms with Gasteiger partial charge in [-0.05, 0) is 73.5 Å². The molecule has 0 aromatic heterocycles. The van der Waals surface area contributed by atoms with E-state index in [1.807, 2.05) is 24.3 Å². The largest absolute Gasteiger partial charge is 0.335 e. The van der Waals surface area contributed by atoms with E-state index in [1.54, 1.807) is 0 Å². The summed E-state index contributed by atoms with van der Waals surface area (Å²) in [6, 6.07) is 8.00. The normalized spacial score (nSPS) is 35.4. The molecule has 4 bridgehead atoms. The summed E-state index contributed by atoms with van der Waals surface area (Å²) in [5.41, 5.74) is 1.03. The third-order valence-corrected chi connectivity index (χ3v) is 6.10. The molecule has 0 aliphatic heterocycles. The Labute approximate surface area is 136 Å². The fraction of sp³-hybridized carbons (Fsp3) is 0.611. The van der Waals surface area contributed by atoms with E-state index in [0.717, 1.165) is 17.4 Å². The van der Waals surface area contributed by atoms with E-state index < -0.39 is 0 Å². The van der Waals surface area contributed by atoms with Crippen LogP contribution in [0.25, 0.3) is 0 Å². The van der Waals surface area contributed by atoms with Gasteiger partial charge in [0.25, 0.3) is 0 Å². The Kier molecular flexibility index (Phi) is 3.77. The van der Waals surface area contributed by atoms with Gasteiger partial charge >= 0.3 is 6.03 Å². The first kappa shape index (κ1) is 14.4. The Morgan fingerprint density at radius 2 is 1.77 bits per heavy atom. The molecule has 0 unspecified atom stereocenters. The molecule has 0 heterocycles. The Bertz CT molecular complexity index is 546. The van der Waals surface area contributed by atoms with E-state index in [9.17, 15) is 4.79 Å². The first-order valence-corrected chi connectivity index (χ1v) is 8.84. The van der Waals surface area contributed by atoms with Gasteiger partial charge in [0.1, 0.15) is 0 Å². The SMILES string of the molecule is O=C(NCc1cccc(Cl)c1)NC1C2CC3CC(C2)CC1C3. The summed E-state index contributed by atoms with van der Waals surface area (Å²) >= 11 is 5.97. The van der Waals surface area contributed by atoms with Gasteiger partial charge in [-0.2, -0.15) is 0 Å². The van der Waals surface area contributed by atoms with Crippen LogP contribution in [-0.4, -0.2) is 12.1 Å². The minimum Gasteiger partial charge on any atom is -0.335 e. The molecule has 2 N–H and O–H groups in total. The van der Waals surface area contributed by atoms with E-state index in [2.05, 4.69) is 10.6 Å². The molecule has 4 aliphatic carbocycles. The zero-order valence-electron chi connectivity index (χ0n) is 12.7. The van der Waals surface area contributed by atoms with Crippen molar-refractivity contribution in [2.45, 2.75) is 44.7 Å². The van der Waals surface area contributed by atoms with Gasteiger partial charge in [-0.1, -0.05) is 23.7 Å². The second kappa shape index (κ2) is 5.77. The van der Waals surface area contributed by atoms with Gasteiger partial charge in [-0.25, -0.2) is 4.79 Å². The van der Waals surface area contributed by atoms with Crippen molar-refractivity contribution in [2.24, 2.45) is 23.7 Å². The zero-order valence-corrected chi connectivity index (χ0v) is 13.5. The number of amides is 2. The molecule has 0 spiro atoms. The fourth-order valence-electron chi connectivity index (χ4n) is 5.19. The summed E-state index contributed by atoms with van der Waals surface area (Å²) in [5.74, 6) is 3.31. The molecule has 4 heteroatoms. The minimum atomic E-state index is -0.0301. The average molecular weight is 319 g/mol. The number of hydrogen-bond acceptors (Lipinski definition) is 1. The first-order valence-electron chi connectivity index (χ1n) is 8.46. The summed E-state index contributed by atoms with van der Waals surface area (Å²) in [6.45, 7) is 0.527. The number of carbonyl (C=O) groups is 1. The average Bonchev–Trinajstić information content (AvgIpc) is 2.48.